The maximum atomic E-state index is 13.2. The van der Waals surface area contributed by atoms with Crippen molar-refractivity contribution in [3.63, 3.8) is 0 Å². The Bertz CT molecular complexity index is 993. The molecule has 0 aliphatic heterocycles. The van der Waals surface area contributed by atoms with Gasteiger partial charge in [0.05, 0.1) is 12.4 Å². The summed E-state index contributed by atoms with van der Waals surface area (Å²) in [5, 5.41) is 16.2. The Kier molecular flexibility index (Phi) is 4.73. The largest absolute Gasteiger partial charge is 0.539 e. The molecule has 0 N–H and O–H groups in total. The second-order valence-electron chi connectivity index (χ2n) is 6.90. The monoisotopic (exact) mass is 379 g/mol. The number of nitrogens with zero attached hydrogens (tertiary/aromatic N) is 3. The van der Waals surface area contributed by atoms with Crippen molar-refractivity contribution >= 4 is 5.91 Å². The topological polar surface area (TPSA) is 82.5 Å². The lowest BCUT2D eigenvalue weighted by molar-refractivity contribution is -0.678. The van der Waals surface area contributed by atoms with Gasteiger partial charge in [-0.15, -0.1) is 0 Å². The van der Waals surface area contributed by atoms with Crippen LogP contribution in [0.15, 0.2) is 53.1 Å². The fourth-order valence-electron chi connectivity index (χ4n) is 3.21. The van der Waals surface area contributed by atoms with Crippen molar-refractivity contribution in [3.8, 4) is 17.4 Å². The number of ether oxygens (including phenoxy) is 1. The van der Waals surface area contributed by atoms with Crippen LogP contribution in [0.4, 0.5) is 0 Å². The molecule has 3 aromatic rings. The van der Waals surface area contributed by atoms with Crippen LogP contribution in [0, 0.1) is 6.92 Å². The van der Waals surface area contributed by atoms with Gasteiger partial charge in [0.1, 0.15) is 12.3 Å². The van der Waals surface area contributed by atoms with Crippen molar-refractivity contribution in [2.45, 2.75) is 32.4 Å². The van der Waals surface area contributed by atoms with Crippen LogP contribution in [0.5, 0.6) is 11.7 Å². The first-order valence-corrected chi connectivity index (χ1v) is 9.17. The van der Waals surface area contributed by atoms with Gasteiger partial charge in [-0.3, -0.25) is 4.79 Å². The van der Waals surface area contributed by atoms with Gasteiger partial charge in [-0.25, -0.2) is 0 Å². The first kappa shape index (κ1) is 18.0. The predicted molar refractivity (Wildman–Crippen MR) is 98.1 cm³/mol. The summed E-state index contributed by atoms with van der Waals surface area (Å²) in [4.78, 5) is 14.9. The zero-order chi connectivity index (χ0) is 19.7. The minimum Gasteiger partial charge on any atom is -0.539 e. The maximum Gasteiger partial charge on any atom is 0.259 e. The highest BCUT2D eigenvalue weighted by Gasteiger charge is 2.36. The van der Waals surface area contributed by atoms with Crippen molar-refractivity contribution in [1.29, 1.82) is 0 Å². The molecule has 1 aromatic heterocycles. The highest BCUT2D eigenvalue weighted by Crippen LogP contribution is 2.31. The minimum atomic E-state index is -0.543. The summed E-state index contributed by atoms with van der Waals surface area (Å²) >= 11 is 0. The average Bonchev–Trinajstić information content (AvgIpc) is 3.49. The molecule has 1 heterocycles. The molecule has 1 fully saturated rings. The van der Waals surface area contributed by atoms with Crippen molar-refractivity contribution in [2.75, 3.05) is 7.11 Å². The smallest absolute Gasteiger partial charge is 0.259 e. The number of hydrogen-bond donors (Lipinski definition) is 0. The zero-order valence-corrected chi connectivity index (χ0v) is 15.8. The summed E-state index contributed by atoms with van der Waals surface area (Å²) in [5.74, 6) is 0.0765. The van der Waals surface area contributed by atoms with Crippen LogP contribution in [-0.4, -0.2) is 29.2 Å². The Hall–Kier alpha value is -3.35. The number of amides is 1. The number of hydrogen-bond acceptors (Lipinski definition) is 5. The number of methoxy groups -OCH3 is 1. The van der Waals surface area contributed by atoms with Crippen LogP contribution in [0.25, 0.3) is 5.69 Å². The number of benzene rings is 2. The molecule has 28 heavy (non-hydrogen) atoms. The summed E-state index contributed by atoms with van der Waals surface area (Å²) < 4.78 is 11.5. The lowest BCUT2D eigenvalue weighted by Crippen LogP contribution is -2.42. The van der Waals surface area contributed by atoms with E-state index >= 15 is 0 Å². The molecule has 1 saturated carbocycles. The van der Waals surface area contributed by atoms with E-state index in [9.17, 15) is 9.90 Å². The molecule has 0 bridgehead atoms. The number of carbonyl (C=O) groups excluding carboxylic acids is 1. The summed E-state index contributed by atoms with van der Waals surface area (Å²) in [7, 11) is 1.59. The number of rotatable bonds is 6. The molecule has 7 nitrogen and oxygen atoms in total. The first-order chi connectivity index (χ1) is 13.6. The van der Waals surface area contributed by atoms with Gasteiger partial charge in [-0.05, 0) is 48.2 Å². The van der Waals surface area contributed by atoms with Crippen LogP contribution in [-0.2, 0) is 6.54 Å². The van der Waals surface area contributed by atoms with Gasteiger partial charge in [0.15, 0.2) is 5.95 Å². The first-order valence-electron chi connectivity index (χ1n) is 9.17. The summed E-state index contributed by atoms with van der Waals surface area (Å²) in [6.45, 7) is 2.06. The van der Waals surface area contributed by atoms with Gasteiger partial charge in [0, 0.05) is 23.7 Å². The van der Waals surface area contributed by atoms with E-state index in [1.165, 1.54) is 4.68 Å². The lowest BCUT2D eigenvalue weighted by Gasteiger charge is -2.21. The van der Waals surface area contributed by atoms with Gasteiger partial charge in [-0.1, -0.05) is 18.2 Å². The molecule has 144 valence electrons. The molecule has 0 unspecified atom stereocenters. The van der Waals surface area contributed by atoms with E-state index in [4.69, 9.17) is 9.26 Å². The minimum absolute atomic E-state index is 0.0810. The third-order valence-electron chi connectivity index (χ3n) is 4.96. The third-order valence-corrected chi connectivity index (χ3v) is 4.96. The Balaban J connectivity index is 1.66. The number of carbonyl (C=O) groups is 1. The quantitative estimate of drug-likeness (QED) is 0.613. The zero-order valence-electron chi connectivity index (χ0n) is 15.8. The van der Waals surface area contributed by atoms with Crippen LogP contribution >= 0.6 is 0 Å². The molecule has 1 aliphatic carbocycles. The highest BCUT2D eigenvalue weighted by atomic mass is 16.6. The summed E-state index contributed by atoms with van der Waals surface area (Å²) in [5.41, 5.74) is 2.54. The van der Waals surface area contributed by atoms with Crippen LogP contribution in [0.2, 0.25) is 0 Å². The SMILES string of the molecule is COc1ccc(-[n+]2noc([O-])c2CN(C(=O)c2ccccc2C)C2CC2)cc1. The molecule has 1 aliphatic rings. The summed E-state index contributed by atoms with van der Waals surface area (Å²) in [6.07, 6.45) is 1.86. The molecular formula is C21H21N3O4. The van der Waals surface area contributed by atoms with E-state index < -0.39 is 5.95 Å². The fraction of sp³-hybridized carbons (Fsp3) is 0.286. The molecule has 0 atom stereocenters. The molecule has 0 spiro atoms. The van der Waals surface area contributed by atoms with E-state index in [0.717, 1.165) is 18.4 Å². The van der Waals surface area contributed by atoms with E-state index in [2.05, 4.69) is 5.27 Å². The van der Waals surface area contributed by atoms with E-state index in [-0.39, 0.29) is 18.5 Å². The molecule has 1 amide bonds. The molecule has 7 heteroatoms. The summed E-state index contributed by atoms with van der Waals surface area (Å²) in [6, 6.07) is 14.7. The van der Waals surface area contributed by atoms with E-state index in [1.807, 2.05) is 31.2 Å². The average molecular weight is 379 g/mol. The van der Waals surface area contributed by atoms with Gasteiger partial charge in [0.2, 0.25) is 5.69 Å². The van der Waals surface area contributed by atoms with Gasteiger partial charge in [0.25, 0.3) is 11.6 Å². The fourth-order valence-corrected chi connectivity index (χ4v) is 3.21. The van der Waals surface area contributed by atoms with Crippen LogP contribution in [0.1, 0.15) is 34.5 Å². The van der Waals surface area contributed by atoms with E-state index in [0.29, 0.717) is 22.7 Å². The van der Waals surface area contributed by atoms with E-state index in [1.54, 1.807) is 36.3 Å². The third kappa shape index (κ3) is 3.43. The lowest BCUT2D eigenvalue weighted by atomic mass is 10.1. The van der Waals surface area contributed by atoms with Crippen LogP contribution < -0.4 is 14.5 Å². The van der Waals surface area contributed by atoms with Crippen molar-refractivity contribution < 1.29 is 23.8 Å². The van der Waals surface area contributed by atoms with Gasteiger partial charge >= 0.3 is 0 Å². The standard InChI is InChI=1S/C21H21N3O4/c1-14-5-3-4-6-18(14)20(25)23(15-7-8-15)13-19-21(26)28-22-24(19)16-9-11-17(27-2)12-10-16/h3-6,9-12,15H,7-8,13H2,1-2H3. The molecular weight excluding hydrogens is 358 g/mol. The number of aromatic nitrogens is 2. The Morgan fingerprint density at radius 3 is 2.61 bits per heavy atom. The molecule has 0 saturated heterocycles. The second kappa shape index (κ2) is 7.34. The molecule has 2 aromatic carbocycles. The maximum absolute atomic E-state index is 13.2. The van der Waals surface area contributed by atoms with Gasteiger partial charge < -0.3 is 19.3 Å². The van der Waals surface area contributed by atoms with Crippen molar-refractivity contribution in [1.82, 2.24) is 10.2 Å². The predicted octanol–water partition coefficient (Wildman–Crippen LogP) is 2.15. The Morgan fingerprint density at radius 2 is 1.96 bits per heavy atom. The molecule has 4 rings (SSSR count). The number of aryl methyl sites for hydroxylation is 1. The second-order valence-corrected chi connectivity index (χ2v) is 6.90. The molecule has 0 radical (unpaired) electrons. The highest BCUT2D eigenvalue weighted by molar-refractivity contribution is 5.96. The normalized spacial score (nSPS) is 13.4. The Labute approximate surface area is 162 Å². The van der Waals surface area contributed by atoms with Crippen LogP contribution in [0.3, 0.4) is 0 Å². The van der Waals surface area contributed by atoms with Gasteiger partial charge in [-0.2, -0.15) is 0 Å². The van der Waals surface area contributed by atoms with Crippen molar-refractivity contribution in [2.24, 2.45) is 0 Å². The van der Waals surface area contributed by atoms with Crippen molar-refractivity contribution in [3.05, 3.63) is 65.4 Å². The Morgan fingerprint density at radius 1 is 1.25 bits per heavy atom.